The number of likely N-dealkylation sites (N-methyl/N-ethyl adjacent to an activating group) is 1. The van der Waals surface area contributed by atoms with Gasteiger partial charge in [0.1, 0.15) is 0 Å². The van der Waals surface area contributed by atoms with Gasteiger partial charge in [-0.3, -0.25) is 0 Å². The normalized spacial score (nSPS) is 9.38. The van der Waals surface area contributed by atoms with E-state index < -0.39 is 5.09 Å². The molecule has 0 amide bonds. The van der Waals surface area contributed by atoms with Gasteiger partial charge in [-0.25, -0.2) is 0 Å². The molecule has 0 unspecified atom stereocenters. The lowest BCUT2D eigenvalue weighted by Crippen LogP contribution is -2.39. The first-order chi connectivity index (χ1) is 5.85. The molecule has 0 heterocycles. The third-order valence-corrected chi connectivity index (χ3v) is 1.25. The SMILES string of the molecule is C=CC[N+](C)(C)CC=C.O=[N+]([O-])[O-]. The molecular formula is C8H16N2O3. The molecule has 0 aromatic rings. The van der Waals surface area contributed by atoms with Crippen LogP contribution in [-0.4, -0.2) is 36.8 Å². The second-order valence-electron chi connectivity index (χ2n) is 3.10. The largest absolute Gasteiger partial charge is 0.356 e. The second-order valence-corrected chi connectivity index (χ2v) is 3.10. The Labute approximate surface area is 78.3 Å². The number of rotatable bonds is 4. The lowest BCUT2D eigenvalue weighted by atomic mass is 10.4. The summed E-state index contributed by atoms with van der Waals surface area (Å²) in [6, 6.07) is 0. The monoisotopic (exact) mass is 188 g/mol. The highest BCUT2D eigenvalue weighted by Crippen LogP contribution is 1.95. The van der Waals surface area contributed by atoms with Crippen molar-refractivity contribution in [2.75, 3.05) is 27.2 Å². The average Bonchev–Trinajstić information content (AvgIpc) is 1.84. The predicted octanol–water partition coefficient (Wildman–Crippen LogP) is 1.20. The molecule has 0 atom stereocenters. The van der Waals surface area contributed by atoms with Gasteiger partial charge >= 0.3 is 0 Å². The molecule has 0 aromatic heterocycles. The maximum atomic E-state index is 8.25. The van der Waals surface area contributed by atoms with E-state index in [0.717, 1.165) is 17.6 Å². The molecule has 0 aromatic carbocycles. The van der Waals surface area contributed by atoms with Gasteiger partial charge in [-0.15, -0.1) is 0 Å². The highest BCUT2D eigenvalue weighted by Gasteiger charge is 2.07. The van der Waals surface area contributed by atoms with Gasteiger partial charge in [-0.1, -0.05) is 13.2 Å². The molecule has 0 rings (SSSR count). The molecule has 0 fully saturated rings. The third kappa shape index (κ3) is 18.0. The predicted molar refractivity (Wildman–Crippen MR) is 52.6 cm³/mol. The van der Waals surface area contributed by atoms with Crippen molar-refractivity contribution in [1.29, 1.82) is 0 Å². The Morgan fingerprint density at radius 1 is 1.23 bits per heavy atom. The van der Waals surface area contributed by atoms with Crippen LogP contribution < -0.4 is 0 Å². The molecule has 0 N–H and O–H groups in total. The van der Waals surface area contributed by atoms with E-state index in [1.165, 1.54) is 0 Å². The van der Waals surface area contributed by atoms with E-state index in [2.05, 4.69) is 27.3 Å². The smallest absolute Gasteiger partial charge is 0.0969 e. The van der Waals surface area contributed by atoms with E-state index in [9.17, 15) is 0 Å². The molecule has 5 heteroatoms. The zero-order valence-corrected chi connectivity index (χ0v) is 8.10. The van der Waals surface area contributed by atoms with Crippen LogP contribution in [0, 0.1) is 15.3 Å². The van der Waals surface area contributed by atoms with Gasteiger partial charge in [0.2, 0.25) is 0 Å². The first kappa shape index (κ1) is 14.2. The molecule has 0 bridgehead atoms. The highest BCUT2D eigenvalue weighted by atomic mass is 16.9. The summed E-state index contributed by atoms with van der Waals surface area (Å²) in [7, 11) is 4.31. The van der Waals surface area contributed by atoms with Crippen LogP contribution in [0.25, 0.3) is 0 Å². The highest BCUT2D eigenvalue weighted by molar-refractivity contribution is 4.69. The molecule has 0 aliphatic heterocycles. The Kier molecular flexibility index (Phi) is 7.96. The fourth-order valence-corrected chi connectivity index (χ4v) is 0.774. The van der Waals surface area contributed by atoms with Crippen molar-refractivity contribution in [1.82, 2.24) is 0 Å². The minimum absolute atomic E-state index is 0.951. The molecule has 0 aliphatic rings. The summed E-state index contributed by atoms with van der Waals surface area (Å²) < 4.78 is 0.951. The van der Waals surface area contributed by atoms with Gasteiger partial charge in [-0.2, -0.15) is 0 Å². The van der Waals surface area contributed by atoms with E-state index in [4.69, 9.17) is 15.3 Å². The fourth-order valence-electron chi connectivity index (χ4n) is 0.774. The van der Waals surface area contributed by atoms with Gasteiger partial charge in [0.25, 0.3) is 0 Å². The zero-order valence-electron chi connectivity index (χ0n) is 8.10. The molecule has 0 radical (unpaired) electrons. The van der Waals surface area contributed by atoms with Crippen LogP contribution in [0.15, 0.2) is 25.3 Å². The van der Waals surface area contributed by atoms with Crippen molar-refractivity contribution in [3.05, 3.63) is 40.6 Å². The van der Waals surface area contributed by atoms with E-state index in [-0.39, 0.29) is 0 Å². The van der Waals surface area contributed by atoms with Crippen LogP contribution in [0.5, 0.6) is 0 Å². The Balaban J connectivity index is 0. The maximum absolute atomic E-state index is 8.25. The van der Waals surface area contributed by atoms with Gasteiger partial charge in [0, 0.05) is 0 Å². The topological polar surface area (TPSA) is 66.2 Å². The summed E-state index contributed by atoms with van der Waals surface area (Å²) in [5, 5.41) is 14.8. The summed E-state index contributed by atoms with van der Waals surface area (Å²) in [5.74, 6) is 0. The van der Waals surface area contributed by atoms with Crippen LogP contribution in [-0.2, 0) is 0 Å². The molecule has 0 aliphatic carbocycles. The van der Waals surface area contributed by atoms with Crippen LogP contribution in [0.4, 0.5) is 0 Å². The number of hydrogen-bond acceptors (Lipinski definition) is 3. The minimum Gasteiger partial charge on any atom is -0.356 e. The average molecular weight is 188 g/mol. The van der Waals surface area contributed by atoms with Gasteiger partial charge in [-0.05, 0) is 12.2 Å². The first-order valence-corrected chi connectivity index (χ1v) is 3.71. The van der Waals surface area contributed by atoms with Crippen molar-refractivity contribution in [3.63, 3.8) is 0 Å². The maximum Gasteiger partial charge on any atom is 0.0969 e. The van der Waals surface area contributed by atoms with Gasteiger partial charge in [0.15, 0.2) is 0 Å². The zero-order chi connectivity index (χ0) is 10.9. The van der Waals surface area contributed by atoms with E-state index in [1.54, 1.807) is 0 Å². The number of nitrogens with zero attached hydrogens (tertiary/aromatic N) is 2. The summed E-state index contributed by atoms with van der Waals surface area (Å²) in [6.07, 6.45) is 3.87. The molecule has 0 saturated carbocycles. The standard InChI is InChI=1S/C8H16N.NO3/c1-5-7-9(3,4)8-6-2;2-1(3)4/h5-6H,1-2,7-8H2,3-4H3;/q+1;-1. The van der Waals surface area contributed by atoms with Crippen molar-refractivity contribution < 1.29 is 9.57 Å². The summed E-state index contributed by atoms with van der Waals surface area (Å²) in [4.78, 5) is 8.25. The van der Waals surface area contributed by atoms with Crippen molar-refractivity contribution in [2.24, 2.45) is 0 Å². The van der Waals surface area contributed by atoms with Crippen molar-refractivity contribution in [2.45, 2.75) is 0 Å². The Morgan fingerprint density at radius 3 is 1.62 bits per heavy atom. The van der Waals surface area contributed by atoms with Crippen LogP contribution in [0.2, 0.25) is 0 Å². The lowest BCUT2D eigenvalue weighted by molar-refractivity contribution is -0.878. The fraction of sp³-hybridized carbons (Fsp3) is 0.500. The van der Waals surface area contributed by atoms with Crippen molar-refractivity contribution in [3.8, 4) is 0 Å². The van der Waals surface area contributed by atoms with Crippen molar-refractivity contribution >= 4 is 0 Å². The number of quaternary nitrogens is 1. The summed E-state index contributed by atoms with van der Waals surface area (Å²) in [5.41, 5.74) is 0. The minimum atomic E-state index is -1.75. The molecule has 13 heavy (non-hydrogen) atoms. The van der Waals surface area contributed by atoms with Crippen LogP contribution >= 0.6 is 0 Å². The van der Waals surface area contributed by atoms with E-state index >= 15 is 0 Å². The molecule has 5 nitrogen and oxygen atoms in total. The molecule has 0 saturated heterocycles. The Morgan fingerprint density at radius 2 is 1.46 bits per heavy atom. The first-order valence-electron chi connectivity index (χ1n) is 3.71. The quantitative estimate of drug-likeness (QED) is 0.288. The van der Waals surface area contributed by atoms with E-state index in [1.807, 2.05) is 12.2 Å². The molecule has 0 spiro atoms. The van der Waals surface area contributed by atoms with E-state index in [0.29, 0.717) is 0 Å². The lowest BCUT2D eigenvalue weighted by Gasteiger charge is -2.26. The summed E-state index contributed by atoms with van der Waals surface area (Å²) in [6.45, 7) is 9.37. The summed E-state index contributed by atoms with van der Waals surface area (Å²) >= 11 is 0. The second kappa shape index (κ2) is 7.30. The molecular weight excluding hydrogens is 172 g/mol. The Bertz CT molecular complexity index is 162. The van der Waals surface area contributed by atoms with Crippen LogP contribution in [0.1, 0.15) is 0 Å². The van der Waals surface area contributed by atoms with Gasteiger partial charge in [0.05, 0.1) is 32.3 Å². The van der Waals surface area contributed by atoms with Crippen LogP contribution in [0.3, 0.4) is 0 Å². The molecule has 76 valence electrons. The van der Waals surface area contributed by atoms with Gasteiger partial charge < -0.3 is 19.8 Å². The Hall–Kier alpha value is -1.36. The third-order valence-electron chi connectivity index (χ3n) is 1.25. The number of hydrogen-bond donors (Lipinski definition) is 0.